The molecule has 0 aliphatic rings. The van der Waals surface area contributed by atoms with Gasteiger partial charge in [0.1, 0.15) is 12.1 Å². The zero-order chi connectivity index (χ0) is 23.4. The number of carbonyl (C=O) groups is 5. The van der Waals surface area contributed by atoms with Crippen LogP contribution in [0.25, 0.3) is 0 Å². The molecule has 0 rings (SSSR count). The Labute approximate surface area is 178 Å². The Morgan fingerprint density at radius 3 is 1.77 bits per heavy atom. The number of ether oxygens (including phenoxy) is 1. The number of Topliss-reactive ketones (excluding diaryl/α,β-unsaturated/α-hetero) is 1. The van der Waals surface area contributed by atoms with Gasteiger partial charge in [-0.3, -0.25) is 19.2 Å². The van der Waals surface area contributed by atoms with E-state index in [0.717, 1.165) is 0 Å². The predicted octanol–water partition coefficient (Wildman–Crippen LogP) is 0.498. The molecule has 10 nitrogen and oxygen atoms in total. The highest BCUT2D eigenvalue weighted by Crippen LogP contribution is 2.06. The molecule has 30 heavy (non-hydrogen) atoms. The molecule has 0 aromatic rings. The number of hydrogen-bond acceptors (Lipinski definition) is 6. The fourth-order valence-electron chi connectivity index (χ4n) is 2.65. The van der Waals surface area contributed by atoms with Crippen LogP contribution in [0.5, 0.6) is 0 Å². The van der Waals surface area contributed by atoms with E-state index in [0.29, 0.717) is 12.8 Å². The highest BCUT2D eigenvalue weighted by Gasteiger charge is 2.25. The van der Waals surface area contributed by atoms with Gasteiger partial charge in [-0.05, 0) is 38.5 Å². The largest absolute Gasteiger partial charge is 0.453 e. The topological polar surface area (TPSA) is 143 Å². The summed E-state index contributed by atoms with van der Waals surface area (Å²) in [6, 6.07) is -2.35. The van der Waals surface area contributed by atoms with Crippen molar-refractivity contribution in [2.24, 2.45) is 11.8 Å². The number of methoxy groups -OCH3 is 1. The molecule has 3 atom stereocenters. The maximum Gasteiger partial charge on any atom is 0.407 e. The first-order valence-electron chi connectivity index (χ1n) is 10.1. The Hall–Kier alpha value is -2.65. The van der Waals surface area contributed by atoms with Crippen molar-refractivity contribution in [3.8, 4) is 0 Å². The van der Waals surface area contributed by atoms with Gasteiger partial charge in [-0.2, -0.15) is 0 Å². The zero-order valence-corrected chi connectivity index (χ0v) is 19.0. The summed E-state index contributed by atoms with van der Waals surface area (Å²) >= 11 is 0. The molecule has 0 fully saturated rings. The summed E-state index contributed by atoms with van der Waals surface area (Å²) < 4.78 is 4.51. The predicted molar refractivity (Wildman–Crippen MR) is 111 cm³/mol. The highest BCUT2D eigenvalue weighted by molar-refractivity contribution is 5.93. The number of amides is 4. The van der Waals surface area contributed by atoms with E-state index in [9.17, 15) is 24.0 Å². The van der Waals surface area contributed by atoms with E-state index in [1.807, 2.05) is 27.7 Å². The Kier molecular flexibility index (Phi) is 12.4. The average molecular weight is 429 g/mol. The average Bonchev–Trinajstić information content (AvgIpc) is 2.63. The number of carbonyl (C=O) groups excluding carboxylic acids is 5. The van der Waals surface area contributed by atoms with Crippen LogP contribution in [0.15, 0.2) is 0 Å². The van der Waals surface area contributed by atoms with Crippen LogP contribution in [-0.2, 0) is 23.9 Å². The van der Waals surface area contributed by atoms with E-state index >= 15 is 0 Å². The third-order valence-electron chi connectivity index (χ3n) is 4.21. The molecule has 0 radical (unpaired) electrons. The number of hydrogen-bond donors (Lipinski definition) is 4. The molecule has 0 bridgehead atoms. The quantitative estimate of drug-likeness (QED) is 0.356. The standard InChI is InChI=1S/C20H36N4O6/c1-11(2)8-15(14(6)25)23-18(27)13(5)22-17(26)10-21-19(28)16(9-12(3)4)24-20(29)30-7/h11-13,15-16H,8-10H2,1-7H3,(H,21,28)(H,22,26)(H,23,27)(H,24,29)/t13-,15-,16-/m0/s1. The Balaban J connectivity index is 4.68. The summed E-state index contributed by atoms with van der Waals surface area (Å²) in [5.41, 5.74) is 0. The first-order valence-corrected chi connectivity index (χ1v) is 10.1. The second kappa shape index (κ2) is 13.6. The van der Waals surface area contributed by atoms with Crippen LogP contribution in [0.3, 0.4) is 0 Å². The monoisotopic (exact) mass is 428 g/mol. The second-order valence-corrected chi connectivity index (χ2v) is 8.13. The highest BCUT2D eigenvalue weighted by atomic mass is 16.5. The van der Waals surface area contributed by atoms with Crippen LogP contribution in [0.2, 0.25) is 0 Å². The first-order chi connectivity index (χ1) is 13.9. The molecule has 0 aliphatic carbocycles. The molecule has 0 aliphatic heterocycles. The minimum atomic E-state index is -0.886. The number of nitrogens with one attached hydrogen (secondary N) is 4. The smallest absolute Gasteiger partial charge is 0.407 e. The SMILES string of the molecule is COC(=O)N[C@@H](CC(C)C)C(=O)NCC(=O)N[C@@H](C)C(=O)N[C@@H](CC(C)C)C(C)=O. The lowest BCUT2D eigenvalue weighted by atomic mass is 10.0. The Bertz CT molecular complexity index is 620. The third kappa shape index (κ3) is 11.4. The maximum atomic E-state index is 12.3. The van der Waals surface area contributed by atoms with Gasteiger partial charge in [0.15, 0.2) is 5.78 Å². The fraction of sp³-hybridized carbons (Fsp3) is 0.750. The van der Waals surface area contributed by atoms with Crippen molar-refractivity contribution in [2.45, 2.75) is 72.5 Å². The summed E-state index contributed by atoms with van der Waals surface area (Å²) in [6.45, 7) is 10.2. The van der Waals surface area contributed by atoms with Crippen LogP contribution in [0.1, 0.15) is 54.4 Å². The number of ketones is 1. The van der Waals surface area contributed by atoms with Gasteiger partial charge in [-0.25, -0.2) is 4.79 Å². The van der Waals surface area contributed by atoms with Crippen LogP contribution >= 0.6 is 0 Å². The van der Waals surface area contributed by atoms with E-state index in [1.165, 1.54) is 21.0 Å². The second-order valence-electron chi connectivity index (χ2n) is 8.13. The normalized spacial score (nSPS) is 13.8. The lowest BCUT2D eigenvalue weighted by Crippen LogP contribution is -2.53. The van der Waals surface area contributed by atoms with Crippen molar-refractivity contribution >= 4 is 29.6 Å². The molecule has 0 unspecified atom stereocenters. The molecule has 0 aromatic carbocycles. The fourth-order valence-corrected chi connectivity index (χ4v) is 2.65. The number of alkyl carbamates (subject to hydrolysis) is 1. The summed E-state index contributed by atoms with van der Waals surface area (Å²) in [6.07, 6.45) is 0.123. The molecular formula is C20H36N4O6. The van der Waals surface area contributed by atoms with Gasteiger partial charge in [-0.15, -0.1) is 0 Å². The Morgan fingerprint density at radius 1 is 0.767 bits per heavy atom. The van der Waals surface area contributed by atoms with Crippen molar-refractivity contribution in [1.29, 1.82) is 0 Å². The number of rotatable bonds is 12. The summed E-state index contributed by atoms with van der Waals surface area (Å²) in [7, 11) is 1.19. The van der Waals surface area contributed by atoms with Gasteiger partial charge < -0.3 is 26.0 Å². The molecule has 10 heteroatoms. The minimum absolute atomic E-state index is 0.121. The maximum absolute atomic E-state index is 12.3. The molecule has 172 valence electrons. The summed E-state index contributed by atoms with van der Waals surface area (Å²) in [5.74, 6) is -1.41. The molecule has 0 heterocycles. The van der Waals surface area contributed by atoms with E-state index in [1.54, 1.807) is 0 Å². The molecule has 0 saturated heterocycles. The summed E-state index contributed by atoms with van der Waals surface area (Å²) in [5, 5.41) is 9.98. The zero-order valence-electron chi connectivity index (χ0n) is 19.0. The van der Waals surface area contributed by atoms with Crippen molar-refractivity contribution in [2.75, 3.05) is 13.7 Å². The van der Waals surface area contributed by atoms with Gasteiger partial charge >= 0.3 is 6.09 Å². The van der Waals surface area contributed by atoms with Crippen molar-refractivity contribution < 1.29 is 28.7 Å². The minimum Gasteiger partial charge on any atom is -0.453 e. The molecular weight excluding hydrogens is 392 g/mol. The van der Waals surface area contributed by atoms with E-state index < -0.39 is 41.9 Å². The molecule has 0 saturated carbocycles. The van der Waals surface area contributed by atoms with Crippen molar-refractivity contribution in [3.63, 3.8) is 0 Å². The van der Waals surface area contributed by atoms with Crippen LogP contribution in [-0.4, -0.2) is 61.4 Å². The van der Waals surface area contributed by atoms with Crippen molar-refractivity contribution in [1.82, 2.24) is 21.3 Å². The van der Waals surface area contributed by atoms with E-state index in [2.05, 4.69) is 26.0 Å². The van der Waals surface area contributed by atoms with Gasteiger partial charge in [0.05, 0.1) is 19.7 Å². The third-order valence-corrected chi connectivity index (χ3v) is 4.21. The van der Waals surface area contributed by atoms with E-state index in [4.69, 9.17) is 0 Å². The molecule has 0 spiro atoms. The van der Waals surface area contributed by atoms with Crippen LogP contribution in [0.4, 0.5) is 4.79 Å². The van der Waals surface area contributed by atoms with E-state index in [-0.39, 0.29) is 24.2 Å². The van der Waals surface area contributed by atoms with Gasteiger partial charge in [0.2, 0.25) is 17.7 Å². The summed E-state index contributed by atoms with van der Waals surface area (Å²) in [4.78, 5) is 59.8. The first kappa shape index (κ1) is 27.4. The lowest BCUT2D eigenvalue weighted by molar-refractivity contribution is -0.131. The molecule has 0 aromatic heterocycles. The van der Waals surface area contributed by atoms with Gasteiger partial charge in [0, 0.05) is 0 Å². The van der Waals surface area contributed by atoms with Gasteiger partial charge in [-0.1, -0.05) is 27.7 Å². The lowest BCUT2D eigenvalue weighted by Gasteiger charge is -2.21. The molecule has 4 amide bonds. The van der Waals surface area contributed by atoms with Crippen LogP contribution in [0, 0.1) is 11.8 Å². The molecule has 4 N–H and O–H groups in total. The van der Waals surface area contributed by atoms with Gasteiger partial charge in [0.25, 0.3) is 0 Å². The van der Waals surface area contributed by atoms with Crippen LogP contribution < -0.4 is 21.3 Å². The van der Waals surface area contributed by atoms with Crippen molar-refractivity contribution in [3.05, 3.63) is 0 Å². The Morgan fingerprint density at radius 2 is 1.30 bits per heavy atom.